The number of carbonyl (C=O) groups excluding carboxylic acids is 1. The van der Waals surface area contributed by atoms with E-state index in [0.717, 1.165) is 12.8 Å². The van der Waals surface area contributed by atoms with Gasteiger partial charge in [0.25, 0.3) is 0 Å². The lowest BCUT2D eigenvalue weighted by Gasteiger charge is -2.26. The van der Waals surface area contributed by atoms with Gasteiger partial charge < -0.3 is 14.6 Å². The normalized spacial score (nSPS) is 26.8. The van der Waals surface area contributed by atoms with Gasteiger partial charge in [0.15, 0.2) is 5.82 Å². The van der Waals surface area contributed by atoms with Crippen LogP contribution < -0.4 is 5.32 Å². The third kappa shape index (κ3) is 3.42. The van der Waals surface area contributed by atoms with Crippen LogP contribution in [0.4, 0.5) is 0 Å². The van der Waals surface area contributed by atoms with Crippen LogP contribution in [0, 0.1) is 24.2 Å². The van der Waals surface area contributed by atoms with Crippen molar-refractivity contribution in [2.75, 3.05) is 20.2 Å². The second-order valence-electron chi connectivity index (χ2n) is 6.86. The van der Waals surface area contributed by atoms with Crippen LogP contribution >= 0.6 is 0 Å². The van der Waals surface area contributed by atoms with E-state index in [4.69, 9.17) is 9.26 Å². The fourth-order valence-electron chi connectivity index (χ4n) is 3.31. The molecule has 2 fully saturated rings. The summed E-state index contributed by atoms with van der Waals surface area (Å²) >= 11 is 0. The number of hydrogen-bond donors (Lipinski definition) is 1. The van der Waals surface area contributed by atoms with Gasteiger partial charge in [-0.25, -0.2) is 0 Å². The van der Waals surface area contributed by atoms with Crippen molar-refractivity contribution in [3.63, 3.8) is 0 Å². The minimum atomic E-state index is -0.784. The highest BCUT2D eigenvalue weighted by Gasteiger charge is 2.44. The molecule has 8 nitrogen and oxygen atoms in total. The number of nitriles is 1. The molecule has 8 heteroatoms. The maximum Gasteiger partial charge on any atom is 0.244 e. The molecule has 3 rings (SSSR count). The monoisotopic (exact) mass is 333 g/mol. The van der Waals surface area contributed by atoms with E-state index in [9.17, 15) is 10.1 Å². The van der Waals surface area contributed by atoms with Crippen molar-refractivity contribution in [1.29, 1.82) is 5.26 Å². The number of hydrogen-bond acceptors (Lipinski definition) is 7. The number of rotatable bonds is 6. The van der Waals surface area contributed by atoms with Crippen LogP contribution in [0.25, 0.3) is 0 Å². The van der Waals surface area contributed by atoms with E-state index in [-0.39, 0.29) is 30.5 Å². The Bertz CT molecular complexity index is 650. The Kier molecular flexibility index (Phi) is 4.56. The molecule has 24 heavy (non-hydrogen) atoms. The van der Waals surface area contributed by atoms with Crippen LogP contribution in [0.3, 0.4) is 0 Å². The van der Waals surface area contributed by atoms with Gasteiger partial charge in [-0.05, 0) is 39.0 Å². The van der Waals surface area contributed by atoms with E-state index in [1.54, 1.807) is 21.0 Å². The lowest BCUT2D eigenvalue weighted by molar-refractivity contribution is -0.124. The molecule has 2 heterocycles. The fourth-order valence-corrected chi connectivity index (χ4v) is 3.31. The summed E-state index contributed by atoms with van der Waals surface area (Å²) in [5.41, 5.74) is -0.784. The molecule has 1 amide bonds. The molecule has 1 saturated carbocycles. The molecule has 130 valence electrons. The van der Waals surface area contributed by atoms with Crippen molar-refractivity contribution in [1.82, 2.24) is 20.4 Å². The van der Waals surface area contributed by atoms with Crippen LogP contribution in [0.2, 0.25) is 0 Å². The third-order valence-corrected chi connectivity index (χ3v) is 4.90. The van der Waals surface area contributed by atoms with Gasteiger partial charge >= 0.3 is 0 Å². The van der Waals surface area contributed by atoms with Crippen molar-refractivity contribution in [3.8, 4) is 6.07 Å². The maximum absolute atomic E-state index is 12.5. The van der Waals surface area contributed by atoms with Crippen molar-refractivity contribution in [2.24, 2.45) is 5.92 Å². The van der Waals surface area contributed by atoms with Crippen molar-refractivity contribution in [2.45, 2.75) is 50.8 Å². The summed E-state index contributed by atoms with van der Waals surface area (Å²) < 4.78 is 10.7. The van der Waals surface area contributed by atoms with Gasteiger partial charge in [0.2, 0.25) is 11.8 Å². The number of nitrogens with one attached hydrogen (secondary N) is 1. The van der Waals surface area contributed by atoms with E-state index in [0.29, 0.717) is 24.7 Å². The topological polar surface area (TPSA) is 104 Å². The van der Waals surface area contributed by atoms with Gasteiger partial charge in [-0.3, -0.25) is 9.69 Å². The molecule has 1 aromatic rings. The minimum Gasteiger partial charge on any atom is -0.380 e. The molecule has 1 N–H and O–H groups in total. The lowest BCUT2D eigenvalue weighted by Crippen LogP contribution is -2.50. The van der Waals surface area contributed by atoms with Crippen molar-refractivity contribution < 1.29 is 14.1 Å². The first kappa shape index (κ1) is 16.9. The maximum atomic E-state index is 12.5. The predicted octanol–water partition coefficient (Wildman–Crippen LogP) is 0.948. The lowest BCUT2D eigenvalue weighted by atomic mass is 9.98. The van der Waals surface area contributed by atoms with Gasteiger partial charge in [-0.2, -0.15) is 10.2 Å². The summed E-state index contributed by atoms with van der Waals surface area (Å²) in [4.78, 5) is 18.7. The Labute approximate surface area is 141 Å². The van der Waals surface area contributed by atoms with E-state index in [1.165, 1.54) is 0 Å². The van der Waals surface area contributed by atoms with Gasteiger partial charge in [0, 0.05) is 13.7 Å². The third-order valence-electron chi connectivity index (χ3n) is 4.90. The van der Waals surface area contributed by atoms with Gasteiger partial charge in [-0.15, -0.1) is 0 Å². The molecule has 0 spiro atoms. The van der Waals surface area contributed by atoms with Crippen LogP contribution in [-0.4, -0.2) is 52.8 Å². The summed E-state index contributed by atoms with van der Waals surface area (Å²) in [5.74, 6) is 1.17. The number of aromatic nitrogens is 2. The summed E-state index contributed by atoms with van der Waals surface area (Å²) in [6.45, 7) is 4.35. The van der Waals surface area contributed by atoms with E-state index < -0.39 is 5.54 Å². The zero-order valence-corrected chi connectivity index (χ0v) is 14.3. The van der Waals surface area contributed by atoms with Crippen LogP contribution in [0.5, 0.6) is 0 Å². The van der Waals surface area contributed by atoms with Crippen LogP contribution in [-0.2, 0) is 9.53 Å². The average molecular weight is 333 g/mol. The number of ether oxygens (including phenoxy) is 1. The average Bonchev–Trinajstić information content (AvgIpc) is 3.22. The highest BCUT2D eigenvalue weighted by molar-refractivity contribution is 5.79. The zero-order chi connectivity index (χ0) is 17.3. The Morgan fingerprint density at radius 2 is 2.33 bits per heavy atom. The second kappa shape index (κ2) is 6.49. The zero-order valence-electron chi connectivity index (χ0n) is 14.3. The smallest absolute Gasteiger partial charge is 0.244 e. The fraction of sp³-hybridized carbons (Fsp3) is 0.750. The first-order valence-corrected chi connectivity index (χ1v) is 8.24. The standard InChI is InChI=1S/C16H23N5O3/c1-10-18-15(24-20-10)13-6-12(23-3)7-21(13)8-14(22)19-16(2,9-17)11-4-5-11/h11-13H,4-8H2,1-3H3,(H,19,22)/t12-,13-,16+/m1/s1. The number of amides is 1. The molecule has 0 bridgehead atoms. The minimum absolute atomic E-state index is 0.0146. The molecule has 2 aliphatic rings. The van der Waals surface area contributed by atoms with Gasteiger partial charge in [-0.1, -0.05) is 5.16 Å². The summed E-state index contributed by atoms with van der Waals surface area (Å²) in [5, 5.41) is 16.1. The first-order chi connectivity index (χ1) is 11.4. The molecule has 1 aliphatic heterocycles. The molecule has 0 radical (unpaired) electrons. The second-order valence-corrected chi connectivity index (χ2v) is 6.86. The van der Waals surface area contributed by atoms with Gasteiger partial charge in [0.05, 0.1) is 24.8 Å². The SMILES string of the molecule is CO[C@@H]1C[C@H](c2nc(C)no2)N(CC(=O)N[C@@](C)(C#N)C2CC2)C1. The molecule has 1 aromatic heterocycles. The Morgan fingerprint density at radius 1 is 1.58 bits per heavy atom. The summed E-state index contributed by atoms with van der Waals surface area (Å²) in [7, 11) is 1.66. The molecular formula is C16H23N5O3. The highest BCUT2D eigenvalue weighted by atomic mass is 16.5. The largest absolute Gasteiger partial charge is 0.380 e. The van der Waals surface area contributed by atoms with Crippen LogP contribution in [0.1, 0.15) is 43.9 Å². The highest BCUT2D eigenvalue weighted by Crippen LogP contribution is 2.39. The summed E-state index contributed by atoms with van der Waals surface area (Å²) in [6, 6.07) is 2.10. The predicted molar refractivity (Wildman–Crippen MR) is 83.6 cm³/mol. The number of carbonyl (C=O) groups is 1. The summed E-state index contributed by atoms with van der Waals surface area (Å²) in [6.07, 6.45) is 2.69. The molecular weight excluding hydrogens is 310 g/mol. The van der Waals surface area contributed by atoms with E-state index in [1.807, 2.05) is 4.90 Å². The number of methoxy groups -OCH3 is 1. The van der Waals surface area contributed by atoms with Crippen molar-refractivity contribution >= 4 is 5.91 Å². The molecule has 3 atom stereocenters. The number of aryl methyl sites for hydroxylation is 1. The van der Waals surface area contributed by atoms with Crippen molar-refractivity contribution in [3.05, 3.63) is 11.7 Å². The molecule has 1 saturated heterocycles. The van der Waals surface area contributed by atoms with E-state index >= 15 is 0 Å². The Hall–Kier alpha value is -1.98. The molecule has 1 aliphatic carbocycles. The number of likely N-dealkylation sites (tertiary alicyclic amines) is 1. The van der Waals surface area contributed by atoms with Gasteiger partial charge in [0.1, 0.15) is 5.54 Å². The number of nitrogens with zero attached hydrogens (tertiary/aromatic N) is 4. The quantitative estimate of drug-likeness (QED) is 0.826. The molecule has 0 aromatic carbocycles. The Balaban J connectivity index is 1.67. The first-order valence-electron chi connectivity index (χ1n) is 8.24. The van der Waals surface area contributed by atoms with E-state index in [2.05, 4.69) is 21.5 Å². The Morgan fingerprint density at radius 3 is 2.88 bits per heavy atom. The molecule has 0 unspecified atom stereocenters. The van der Waals surface area contributed by atoms with Crippen LogP contribution in [0.15, 0.2) is 4.52 Å².